The van der Waals surface area contributed by atoms with Gasteiger partial charge in [-0.3, -0.25) is 9.59 Å². The van der Waals surface area contributed by atoms with Crippen molar-refractivity contribution in [3.8, 4) is 11.3 Å². The van der Waals surface area contributed by atoms with Crippen LogP contribution in [0.4, 0.5) is 0 Å². The van der Waals surface area contributed by atoms with E-state index in [0.29, 0.717) is 12.3 Å². The number of hydrogen-bond donors (Lipinski definition) is 0. The van der Waals surface area contributed by atoms with E-state index in [4.69, 9.17) is 4.74 Å². The summed E-state index contributed by atoms with van der Waals surface area (Å²) in [5, 5.41) is 7.82. The summed E-state index contributed by atoms with van der Waals surface area (Å²) in [6, 6.07) is 9.30. The molecule has 2 aromatic rings. The highest BCUT2D eigenvalue weighted by Gasteiger charge is 2.20. The summed E-state index contributed by atoms with van der Waals surface area (Å²) in [7, 11) is 0. The van der Waals surface area contributed by atoms with Gasteiger partial charge in [0, 0.05) is 12.5 Å². The maximum Gasteiger partial charge on any atom is 0.327 e. The van der Waals surface area contributed by atoms with E-state index >= 15 is 0 Å². The first-order chi connectivity index (χ1) is 10.6. The molecule has 116 valence electrons. The lowest BCUT2D eigenvalue weighted by Crippen LogP contribution is -2.16. The Hall–Kier alpha value is -2.50. The molecule has 6 nitrogen and oxygen atoms in total. The number of unbranched alkanes of at least 4 members (excludes halogenated alkanes) is 1. The van der Waals surface area contributed by atoms with E-state index in [1.165, 1.54) is 11.6 Å². The summed E-state index contributed by atoms with van der Waals surface area (Å²) in [6.07, 6.45) is 1.79. The molecule has 0 amide bonds. The molecule has 0 spiro atoms. The fourth-order valence-corrected chi connectivity index (χ4v) is 2.04. The Balaban J connectivity index is 2.25. The third kappa shape index (κ3) is 3.78. The summed E-state index contributed by atoms with van der Waals surface area (Å²) in [5.41, 5.74) is 1.59. The first kappa shape index (κ1) is 15.9. The fourth-order valence-electron chi connectivity index (χ4n) is 2.04. The lowest BCUT2D eigenvalue weighted by atomic mass is 10.1. The standard InChI is InChI=1S/C16H19N3O3/c1-3-4-10-22-14(21)11-19-16(13-8-6-5-7-9-13)15(12(2)20)17-18-19/h5-9H,3-4,10-11H2,1-2H3. The van der Waals surface area contributed by atoms with Crippen LogP contribution in [0.5, 0.6) is 0 Å². The van der Waals surface area contributed by atoms with Crippen molar-refractivity contribution in [1.82, 2.24) is 15.0 Å². The number of carbonyl (C=O) groups excluding carboxylic acids is 2. The molecule has 0 saturated carbocycles. The Morgan fingerprint density at radius 1 is 1.23 bits per heavy atom. The Kier molecular flexibility index (Phi) is 5.41. The number of aromatic nitrogens is 3. The first-order valence-electron chi connectivity index (χ1n) is 7.29. The molecule has 0 aliphatic carbocycles. The Bertz CT molecular complexity index is 650. The topological polar surface area (TPSA) is 74.1 Å². The molecule has 0 saturated heterocycles. The summed E-state index contributed by atoms with van der Waals surface area (Å²) in [6.45, 7) is 3.79. The van der Waals surface area contributed by atoms with E-state index in [2.05, 4.69) is 10.3 Å². The minimum Gasteiger partial charge on any atom is -0.464 e. The summed E-state index contributed by atoms with van der Waals surface area (Å²) >= 11 is 0. The molecule has 2 rings (SSSR count). The molecule has 1 heterocycles. The van der Waals surface area contributed by atoms with Crippen LogP contribution in [0, 0.1) is 0 Å². The largest absolute Gasteiger partial charge is 0.464 e. The second-order valence-corrected chi connectivity index (χ2v) is 4.94. The van der Waals surface area contributed by atoms with Crippen LogP contribution in [0.2, 0.25) is 0 Å². The summed E-state index contributed by atoms with van der Waals surface area (Å²) in [4.78, 5) is 23.6. The van der Waals surface area contributed by atoms with Crippen LogP contribution in [0.3, 0.4) is 0 Å². The molecule has 0 aliphatic rings. The SMILES string of the molecule is CCCCOC(=O)Cn1nnc(C(C)=O)c1-c1ccccc1. The molecular formula is C16H19N3O3. The molecule has 0 fully saturated rings. The maximum absolute atomic E-state index is 11.9. The molecule has 0 unspecified atom stereocenters. The molecule has 0 atom stereocenters. The Morgan fingerprint density at radius 3 is 2.59 bits per heavy atom. The van der Waals surface area contributed by atoms with Crippen molar-refractivity contribution >= 4 is 11.8 Å². The van der Waals surface area contributed by atoms with Crippen molar-refractivity contribution in [2.24, 2.45) is 0 Å². The molecule has 6 heteroatoms. The third-order valence-electron chi connectivity index (χ3n) is 3.16. The lowest BCUT2D eigenvalue weighted by Gasteiger charge is -2.08. The highest BCUT2D eigenvalue weighted by molar-refractivity contribution is 5.98. The van der Waals surface area contributed by atoms with Crippen molar-refractivity contribution in [2.45, 2.75) is 33.2 Å². The number of nitrogens with zero attached hydrogens (tertiary/aromatic N) is 3. The van der Waals surface area contributed by atoms with Crippen molar-refractivity contribution in [3.63, 3.8) is 0 Å². The first-order valence-corrected chi connectivity index (χ1v) is 7.29. The highest BCUT2D eigenvalue weighted by atomic mass is 16.5. The Labute approximate surface area is 129 Å². The lowest BCUT2D eigenvalue weighted by molar-refractivity contribution is -0.144. The minimum absolute atomic E-state index is 0.0613. The monoisotopic (exact) mass is 301 g/mol. The number of rotatable bonds is 7. The zero-order valence-electron chi connectivity index (χ0n) is 12.8. The number of carbonyl (C=O) groups is 2. The van der Waals surface area contributed by atoms with E-state index < -0.39 is 0 Å². The van der Waals surface area contributed by atoms with Gasteiger partial charge in [0.25, 0.3) is 0 Å². The van der Waals surface area contributed by atoms with Gasteiger partial charge in [0.05, 0.1) is 6.61 Å². The summed E-state index contributed by atoms with van der Waals surface area (Å²) in [5.74, 6) is -0.574. The van der Waals surface area contributed by atoms with E-state index in [-0.39, 0.29) is 24.0 Å². The van der Waals surface area contributed by atoms with E-state index in [0.717, 1.165) is 18.4 Å². The summed E-state index contributed by atoms with van der Waals surface area (Å²) < 4.78 is 6.55. The van der Waals surface area contributed by atoms with Gasteiger partial charge >= 0.3 is 5.97 Å². The number of hydrogen-bond acceptors (Lipinski definition) is 5. The van der Waals surface area contributed by atoms with Crippen molar-refractivity contribution in [3.05, 3.63) is 36.0 Å². The predicted molar refractivity (Wildman–Crippen MR) is 81.3 cm³/mol. The van der Waals surface area contributed by atoms with Crippen LogP contribution < -0.4 is 0 Å². The van der Waals surface area contributed by atoms with Gasteiger partial charge in [0.1, 0.15) is 12.2 Å². The van der Waals surface area contributed by atoms with Crippen molar-refractivity contribution < 1.29 is 14.3 Å². The van der Waals surface area contributed by atoms with Gasteiger partial charge in [-0.1, -0.05) is 48.9 Å². The van der Waals surface area contributed by atoms with Gasteiger partial charge in [0.2, 0.25) is 0 Å². The highest BCUT2D eigenvalue weighted by Crippen LogP contribution is 2.22. The fraction of sp³-hybridized carbons (Fsp3) is 0.375. The zero-order chi connectivity index (χ0) is 15.9. The van der Waals surface area contributed by atoms with Gasteiger partial charge < -0.3 is 4.74 Å². The quantitative estimate of drug-likeness (QED) is 0.446. The second kappa shape index (κ2) is 7.49. The van der Waals surface area contributed by atoms with E-state index in [1.54, 1.807) is 0 Å². The molecular weight excluding hydrogens is 282 g/mol. The number of ether oxygens (including phenoxy) is 1. The van der Waals surface area contributed by atoms with Gasteiger partial charge in [-0.05, 0) is 6.42 Å². The van der Waals surface area contributed by atoms with Crippen LogP contribution in [0.25, 0.3) is 11.3 Å². The van der Waals surface area contributed by atoms with Gasteiger partial charge in [-0.2, -0.15) is 0 Å². The smallest absolute Gasteiger partial charge is 0.327 e. The number of esters is 1. The average Bonchev–Trinajstić information content (AvgIpc) is 2.92. The van der Waals surface area contributed by atoms with Crippen molar-refractivity contribution in [2.75, 3.05) is 6.61 Å². The van der Waals surface area contributed by atoms with Gasteiger partial charge in [-0.25, -0.2) is 4.68 Å². The van der Waals surface area contributed by atoms with Gasteiger partial charge in [0.15, 0.2) is 11.5 Å². The average molecular weight is 301 g/mol. The van der Waals surface area contributed by atoms with E-state index in [9.17, 15) is 9.59 Å². The number of ketones is 1. The molecule has 0 bridgehead atoms. The van der Waals surface area contributed by atoms with Crippen LogP contribution >= 0.6 is 0 Å². The molecule has 0 N–H and O–H groups in total. The molecule has 1 aromatic heterocycles. The normalized spacial score (nSPS) is 10.5. The molecule has 0 radical (unpaired) electrons. The maximum atomic E-state index is 11.9. The van der Waals surface area contributed by atoms with Crippen LogP contribution in [0.1, 0.15) is 37.2 Å². The van der Waals surface area contributed by atoms with Crippen LogP contribution in [-0.4, -0.2) is 33.4 Å². The predicted octanol–water partition coefficient (Wildman–Crippen LogP) is 2.49. The second-order valence-electron chi connectivity index (χ2n) is 4.94. The Morgan fingerprint density at radius 2 is 1.95 bits per heavy atom. The number of Topliss-reactive ketones (excluding diaryl/α,β-unsaturated/α-hetero) is 1. The van der Waals surface area contributed by atoms with Gasteiger partial charge in [-0.15, -0.1) is 5.10 Å². The minimum atomic E-state index is -0.384. The van der Waals surface area contributed by atoms with Crippen LogP contribution in [-0.2, 0) is 16.1 Å². The molecule has 1 aromatic carbocycles. The van der Waals surface area contributed by atoms with Crippen LogP contribution in [0.15, 0.2) is 30.3 Å². The molecule has 22 heavy (non-hydrogen) atoms. The zero-order valence-corrected chi connectivity index (χ0v) is 12.8. The third-order valence-corrected chi connectivity index (χ3v) is 3.16. The molecule has 0 aliphatic heterocycles. The van der Waals surface area contributed by atoms with E-state index in [1.807, 2.05) is 37.3 Å². The van der Waals surface area contributed by atoms with Crippen molar-refractivity contribution in [1.29, 1.82) is 0 Å². The number of benzene rings is 1.